The number of nitrogens with zero attached hydrogens (tertiary/aromatic N) is 2. The zero-order valence-corrected chi connectivity index (χ0v) is 13.0. The molecule has 1 aliphatic carbocycles. The maximum Gasteiger partial charge on any atom is 0.233 e. The first-order valence-electron chi connectivity index (χ1n) is 8.29. The van der Waals surface area contributed by atoms with Crippen LogP contribution in [0, 0.1) is 5.92 Å². The van der Waals surface area contributed by atoms with Crippen LogP contribution in [0.4, 0.5) is 0 Å². The van der Waals surface area contributed by atoms with Crippen LogP contribution < -0.4 is 4.74 Å². The van der Waals surface area contributed by atoms with Gasteiger partial charge in [0, 0.05) is 12.0 Å². The van der Waals surface area contributed by atoms with E-state index < -0.39 is 0 Å². The third-order valence-electron chi connectivity index (χ3n) is 4.43. The van der Waals surface area contributed by atoms with Crippen molar-refractivity contribution in [3.05, 3.63) is 17.8 Å². The molecule has 2 rings (SSSR count). The predicted octanol–water partition coefficient (Wildman–Crippen LogP) is 4.73. The molecular formula is C17H28N2O. The number of hydrogen-bond donors (Lipinski definition) is 0. The summed E-state index contributed by atoms with van der Waals surface area (Å²) in [5, 5.41) is 8.50. The van der Waals surface area contributed by atoms with Gasteiger partial charge in [0.2, 0.25) is 5.88 Å². The highest BCUT2D eigenvalue weighted by Gasteiger charge is 2.23. The lowest BCUT2D eigenvalue weighted by Crippen LogP contribution is -2.14. The molecule has 0 radical (unpaired) electrons. The van der Waals surface area contributed by atoms with Gasteiger partial charge in [-0.15, -0.1) is 5.10 Å². The molecule has 1 heterocycles. The van der Waals surface area contributed by atoms with Crippen LogP contribution in [0.25, 0.3) is 0 Å². The van der Waals surface area contributed by atoms with Gasteiger partial charge in [0.25, 0.3) is 0 Å². The second kappa shape index (κ2) is 8.23. The first-order valence-corrected chi connectivity index (χ1v) is 8.29. The predicted molar refractivity (Wildman–Crippen MR) is 82.0 cm³/mol. The van der Waals surface area contributed by atoms with Crippen molar-refractivity contribution in [2.24, 2.45) is 5.92 Å². The van der Waals surface area contributed by atoms with E-state index in [4.69, 9.17) is 4.74 Å². The minimum atomic E-state index is 0.612. The number of ether oxygens (including phenoxy) is 1. The van der Waals surface area contributed by atoms with E-state index in [1.54, 1.807) is 0 Å². The molecule has 0 spiro atoms. The Morgan fingerprint density at radius 1 is 1.05 bits per heavy atom. The van der Waals surface area contributed by atoms with Crippen LogP contribution in [0.15, 0.2) is 12.1 Å². The van der Waals surface area contributed by atoms with E-state index in [0.717, 1.165) is 11.6 Å². The third-order valence-corrected chi connectivity index (χ3v) is 4.43. The van der Waals surface area contributed by atoms with Gasteiger partial charge in [-0.25, -0.2) is 0 Å². The number of aromatic nitrogens is 2. The molecule has 0 aliphatic heterocycles. The summed E-state index contributed by atoms with van der Waals surface area (Å²) in [6.07, 6.45) is 10.8. The molecule has 1 aliphatic rings. The van der Waals surface area contributed by atoms with Crippen LogP contribution in [0.3, 0.4) is 0 Å². The normalized spacial score (nSPS) is 22.7. The highest BCUT2D eigenvalue weighted by atomic mass is 16.5. The molecule has 0 aromatic carbocycles. The van der Waals surface area contributed by atoms with Crippen LogP contribution >= 0.6 is 0 Å². The molecule has 0 unspecified atom stereocenters. The summed E-state index contributed by atoms with van der Waals surface area (Å²) in [4.78, 5) is 0. The quantitative estimate of drug-likeness (QED) is 0.675. The second-order valence-corrected chi connectivity index (χ2v) is 5.94. The number of rotatable bonds is 7. The number of hydrogen-bond acceptors (Lipinski definition) is 3. The van der Waals surface area contributed by atoms with Gasteiger partial charge in [-0.3, -0.25) is 0 Å². The van der Waals surface area contributed by atoms with Gasteiger partial charge in [0.05, 0.1) is 12.3 Å². The molecule has 1 fully saturated rings. The van der Waals surface area contributed by atoms with Gasteiger partial charge in [-0.2, -0.15) is 5.10 Å². The highest BCUT2D eigenvalue weighted by molar-refractivity contribution is 5.15. The lowest BCUT2D eigenvalue weighted by atomic mass is 9.78. The molecule has 1 saturated carbocycles. The zero-order valence-electron chi connectivity index (χ0n) is 13.0. The van der Waals surface area contributed by atoms with E-state index >= 15 is 0 Å². The average Bonchev–Trinajstić information content (AvgIpc) is 2.49. The Kier molecular flexibility index (Phi) is 6.28. The van der Waals surface area contributed by atoms with E-state index in [2.05, 4.69) is 23.2 Å². The smallest absolute Gasteiger partial charge is 0.233 e. The maximum absolute atomic E-state index is 5.35. The Balaban J connectivity index is 1.78. The van der Waals surface area contributed by atoms with Crippen molar-refractivity contribution in [3.8, 4) is 5.88 Å². The molecule has 3 nitrogen and oxygen atoms in total. The van der Waals surface area contributed by atoms with Gasteiger partial charge in [-0.05, 0) is 44.6 Å². The van der Waals surface area contributed by atoms with Gasteiger partial charge in [0.1, 0.15) is 0 Å². The topological polar surface area (TPSA) is 35.0 Å². The fourth-order valence-corrected chi connectivity index (χ4v) is 3.20. The SMILES string of the molecule is CCCCCC1CCC(c2ccc(OCC)nn2)CC1. The molecule has 0 atom stereocenters. The minimum Gasteiger partial charge on any atom is -0.477 e. The lowest BCUT2D eigenvalue weighted by molar-refractivity contribution is 0.296. The van der Waals surface area contributed by atoms with Crippen molar-refractivity contribution < 1.29 is 4.74 Å². The Morgan fingerprint density at radius 3 is 2.45 bits per heavy atom. The van der Waals surface area contributed by atoms with Crippen molar-refractivity contribution >= 4 is 0 Å². The van der Waals surface area contributed by atoms with Crippen LogP contribution in [-0.4, -0.2) is 16.8 Å². The second-order valence-electron chi connectivity index (χ2n) is 5.94. The zero-order chi connectivity index (χ0) is 14.2. The summed E-state index contributed by atoms with van der Waals surface area (Å²) in [6.45, 7) is 4.90. The van der Waals surface area contributed by atoms with E-state index in [9.17, 15) is 0 Å². The molecule has 0 amide bonds. The van der Waals surface area contributed by atoms with Gasteiger partial charge >= 0.3 is 0 Å². The standard InChI is InChI=1S/C17H28N2O/c1-3-5-6-7-14-8-10-15(11-9-14)16-12-13-17(19-18-16)20-4-2/h12-15H,3-11H2,1-2H3. The molecular weight excluding hydrogens is 248 g/mol. The lowest BCUT2D eigenvalue weighted by Gasteiger charge is -2.28. The Morgan fingerprint density at radius 2 is 1.85 bits per heavy atom. The largest absolute Gasteiger partial charge is 0.477 e. The van der Waals surface area contributed by atoms with E-state index in [-0.39, 0.29) is 0 Å². The molecule has 112 valence electrons. The van der Waals surface area contributed by atoms with E-state index in [0.29, 0.717) is 18.4 Å². The molecule has 0 bridgehead atoms. The minimum absolute atomic E-state index is 0.612. The van der Waals surface area contributed by atoms with Crippen molar-refractivity contribution in [2.45, 2.75) is 71.1 Å². The fraction of sp³-hybridized carbons (Fsp3) is 0.765. The van der Waals surface area contributed by atoms with Gasteiger partial charge < -0.3 is 4.74 Å². The Hall–Kier alpha value is -1.12. The third kappa shape index (κ3) is 4.46. The fourth-order valence-electron chi connectivity index (χ4n) is 3.20. The van der Waals surface area contributed by atoms with E-state index in [1.807, 2.05) is 13.0 Å². The molecule has 0 N–H and O–H groups in total. The van der Waals surface area contributed by atoms with E-state index in [1.165, 1.54) is 51.4 Å². The van der Waals surface area contributed by atoms with Crippen molar-refractivity contribution in [1.82, 2.24) is 10.2 Å². The van der Waals surface area contributed by atoms with Crippen molar-refractivity contribution in [2.75, 3.05) is 6.61 Å². The van der Waals surface area contributed by atoms with Crippen LogP contribution in [0.5, 0.6) is 5.88 Å². The first-order chi connectivity index (χ1) is 9.83. The number of unbranched alkanes of at least 4 members (excludes halogenated alkanes) is 2. The summed E-state index contributed by atoms with van der Waals surface area (Å²) >= 11 is 0. The summed E-state index contributed by atoms with van der Waals surface area (Å²) in [5.74, 6) is 2.21. The molecule has 20 heavy (non-hydrogen) atoms. The summed E-state index contributed by atoms with van der Waals surface area (Å²) in [5.41, 5.74) is 1.15. The first kappa shape index (κ1) is 15.3. The van der Waals surface area contributed by atoms with Crippen molar-refractivity contribution in [3.63, 3.8) is 0 Å². The maximum atomic E-state index is 5.35. The monoisotopic (exact) mass is 276 g/mol. The van der Waals surface area contributed by atoms with Gasteiger partial charge in [-0.1, -0.05) is 32.6 Å². The average molecular weight is 276 g/mol. The molecule has 0 saturated heterocycles. The molecule has 1 aromatic rings. The van der Waals surface area contributed by atoms with Crippen LogP contribution in [0.1, 0.15) is 76.8 Å². The van der Waals surface area contributed by atoms with Gasteiger partial charge in [0.15, 0.2) is 0 Å². The Labute approximate surface area is 123 Å². The molecule has 1 aromatic heterocycles. The highest BCUT2D eigenvalue weighted by Crippen LogP contribution is 2.37. The van der Waals surface area contributed by atoms with Crippen LogP contribution in [-0.2, 0) is 0 Å². The summed E-state index contributed by atoms with van der Waals surface area (Å²) in [7, 11) is 0. The summed E-state index contributed by atoms with van der Waals surface area (Å²) in [6, 6.07) is 4.05. The molecule has 3 heteroatoms. The van der Waals surface area contributed by atoms with Crippen molar-refractivity contribution in [1.29, 1.82) is 0 Å². The Bertz CT molecular complexity index is 369. The van der Waals surface area contributed by atoms with Crippen LogP contribution in [0.2, 0.25) is 0 Å². The summed E-state index contributed by atoms with van der Waals surface area (Å²) < 4.78 is 5.35.